The number of carbonyl (C=O) groups is 2. The lowest BCUT2D eigenvalue weighted by molar-refractivity contribution is -0.143. The fourth-order valence-corrected chi connectivity index (χ4v) is 4.09. The molecule has 0 aliphatic carbocycles. The number of fused-ring (bicyclic) bond motifs is 1. The van der Waals surface area contributed by atoms with Crippen LogP contribution in [0.1, 0.15) is 30.0 Å². The zero-order valence-electron chi connectivity index (χ0n) is 17.6. The van der Waals surface area contributed by atoms with Gasteiger partial charge in [0.15, 0.2) is 22.0 Å². The fraction of sp³-hybridized carbons (Fsp3) is 0.400. The van der Waals surface area contributed by atoms with Gasteiger partial charge in [-0.15, -0.1) is 0 Å². The Labute approximate surface area is 177 Å². The van der Waals surface area contributed by atoms with Crippen LogP contribution in [0.5, 0.6) is 11.5 Å². The zero-order chi connectivity index (χ0) is 21.8. The molecule has 0 aliphatic rings. The Balaban J connectivity index is 2.16. The number of esters is 1. The van der Waals surface area contributed by atoms with E-state index in [0.717, 1.165) is 10.4 Å². The van der Waals surface area contributed by atoms with Crippen LogP contribution in [0.3, 0.4) is 0 Å². The van der Waals surface area contributed by atoms with E-state index in [0.29, 0.717) is 28.4 Å². The lowest BCUT2D eigenvalue weighted by atomic mass is 10.3. The van der Waals surface area contributed by atoms with Crippen LogP contribution >= 0.6 is 11.3 Å². The van der Waals surface area contributed by atoms with E-state index in [-0.39, 0.29) is 18.8 Å². The van der Waals surface area contributed by atoms with Gasteiger partial charge in [0.1, 0.15) is 6.54 Å². The van der Waals surface area contributed by atoms with E-state index in [1.807, 2.05) is 13.8 Å². The number of rotatable bonds is 7. The molecule has 1 amide bonds. The first kappa shape index (κ1) is 21.6. The number of methoxy groups -OCH3 is 2. The minimum atomic E-state index is -0.478. The second-order valence-corrected chi connectivity index (χ2v) is 7.36. The Morgan fingerprint density at radius 1 is 1.13 bits per heavy atom. The number of carbonyl (C=O) groups excluding carboxylic acids is 2. The summed E-state index contributed by atoms with van der Waals surface area (Å²) in [6, 6.07) is 5.24. The van der Waals surface area contributed by atoms with Crippen molar-refractivity contribution in [3.8, 4) is 11.5 Å². The minimum absolute atomic E-state index is 0.0855. The van der Waals surface area contributed by atoms with Gasteiger partial charge in [-0.2, -0.15) is 10.1 Å². The molecule has 0 fully saturated rings. The van der Waals surface area contributed by atoms with Crippen LogP contribution in [0.4, 0.5) is 0 Å². The van der Waals surface area contributed by atoms with Crippen LogP contribution in [0.2, 0.25) is 0 Å². The van der Waals surface area contributed by atoms with Crippen molar-refractivity contribution in [1.82, 2.24) is 14.3 Å². The van der Waals surface area contributed by atoms with Crippen molar-refractivity contribution in [3.05, 3.63) is 34.4 Å². The molecule has 2 aromatic heterocycles. The summed E-state index contributed by atoms with van der Waals surface area (Å²) in [5, 5.41) is 4.29. The van der Waals surface area contributed by atoms with Crippen LogP contribution in [0, 0.1) is 6.92 Å². The topological polar surface area (TPSA) is 96.9 Å². The summed E-state index contributed by atoms with van der Waals surface area (Å²) in [4.78, 5) is 29.6. The van der Waals surface area contributed by atoms with Gasteiger partial charge < -0.3 is 18.8 Å². The average molecular weight is 433 g/mol. The highest BCUT2D eigenvalue weighted by Crippen LogP contribution is 2.33. The Kier molecular flexibility index (Phi) is 6.56. The van der Waals surface area contributed by atoms with Crippen molar-refractivity contribution in [2.24, 2.45) is 4.99 Å². The summed E-state index contributed by atoms with van der Waals surface area (Å²) < 4.78 is 20.0. The second-order valence-electron chi connectivity index (χ2n) is 6.35. The largest absolute Gasteiger partial charge is 0.493 e. The Bertz CT molecular complexity index is 1160. The third kappa shape index (κ3) is 4.23. The summed E-state index contributed by atoms with van der Waals surface area (Å²) in [5.41, 5.74) is 1.82. The summed E-state index contributed by atoms with van der Waals surface area (Å²) in [7, 11) is 3.08. The maximum atomic E-state index is 12.8. The quantitative estimate of drug-likeness (QED) is 0.532. The van der Waals surface area contributed by atoms with Gasteiger partial charge in [-0.05, 0) is 26.8 Å². The lowest BCUT2D eigenvalue weighted by Gasteiger charge is -2.09. The maximum absolute atomic E-state index is 12.8. The molecule has 3 rings (SSSR count). The van der Waals surface area contributed by atoms with Gasteiger partial charge in [0.05, 0.1) is 31.0 Å². The highest BCUT2D eigenvalue weighted by Gasteiger charge is 2.17. The summed E-state index contributed by atoms with van der Waals surface area (Å²) >= 11 is 1.27. The van der Waals surface area contributed by atoms with Crippen LogP contribution in [0.25, 0.3) is 10.2 Å². The van der Waals surface area contributed by atoms with Crippen molar-refractivity contribution in [3.63, 3.8) is 0 Å². The molecule has 0 bridgehead atoms. The monoisotopic (exact) mass is 432 g/mol. The van der Waals surface area contributed by atoms with Crippen molar-refractivity contribution >= 4 is 33.4 Å². The van der Waals surface area contributed by atoms with Gasteiger partial charge in [-0.1, -0.05) is 11.3 Å². The van der Waals surface area contributed by atoms with Crippen molar-refractivity contribution in [2.45, 2.75) is 33.9 Å². The van der Waals surface area contributed by atoms with Crippen LogP contribution in [-0.2, 0) is 22.6 Å². The van der Waals surface area contributed by atoms with Gasteiger partial charge in [-0.3, -0.25) is 14.3 Å². The Morgan fingerprint density at radius 2 is 1.83 bits per heavy atom. The predicted molar refractivity (Wildman–Crippen MR) is 112 cm³/mol. The smallest absolute Gasteiger partial charge is 0.326 e. The van der Waals surface area contributed by atoms with Gasteiger partial charge in [0.2, 0.25) is 0 Å². The standard InChI is InChI=1S/C20H24N4O5S/c1-6-24-12(3)8-13(22-24)19(26)21-20-23(11-18(25)29-7-2)14-9-15(27-4)16(28-5)10-17(14)30-20/h8-10H,6-7,11H2,1-5H3. The second kappa shape index (κ2) is 9.12. The molecule has 0 radical (unpaired) electrons. The van der Waals surface area contributed by atoms with E-state index in [1.54, 1.807) is 41.5 Å². The number of nitrogens with zero attached hydrogens (tertiary/aromatic N) is 4. The molecule has 0 atom stereocenters. The number of aromatic nitrogens is 3. The molecule has 2 heterocycles. The number of amides is 1. The molecule has 0 aliphatic heterocycles. The SMILES string of the molecule is CCOC(=O)Cn1c(=NC(=O)c2cc(C)n(CC)n2)sc2cc(OC)c(OC)cc21. The number of hydrogen-bond donors (Lipinski definition) is 0. The third-order valence-electron chi connectivity index (χ3n) is 4.48. The van der Waals surface area contributed by atoms with Gasteiger partial charge in [-0.25, -0.2) is 0 Å². The molecular formula is C20H24N4O5S. The van der Waals surface area contributed by atoms with Crippen molar-refractivity contribution in [1.29, 1.82) is 0 Å². The van der Waals surface area contributed by atoms with E-state index < -0.39 is 11.9 Å². The van der Waals surface area contributed by atoms with Gasteiger partial charge in [0.25, 0.3) is 5.91 Å². The van der Waals surface area contributed by atoms with Crippen LogP contribution < -0.4 is 14.3 Å². The van der Waals surface area contributed by atoms with E-state index in [4.69, 9.17) is 14.2 Å². The van der Waals surface area contributed by atoms with Crippen molar-refractivity contribution < 1.29 is 23.8 Å². The molecular weight excluding hydrogens is 408 g/mol. The summed E-state index contributed by atoms with van der Waals surface area (Å²) in [6.45, 7) is 6.40. The summed E-state index contributed by atoms with van der Waals surface area (Å²) in [6.07, 6.45) is 0. The molecule has 160 valence electrons. The molecule has 3 aromatic rings. The Morgan fingerprint density at radius 3 is 2.43 bits per heavy atom. The molecule has 9 nitrogen and oxygen atoms in total. The highest BCUT2D eigenvalue weighted by molar-refractivity contribution is 7.16. The van der Waals surface area contributed by atoms with E-state index in [9.17, 15) is 9.59 Å². The fourth-order valence-electron chi connectivity index (χ4n) is 3.05. The van der Waals surface area contributed by atoms with Crippen LogP contribution in [-0.4, -0.2) is 47.1 Å². The number of aryl methyl sites for hydroxylation is 2. The van der Waals surface area contributed by atoms with Crippen molar-refractivity contribution in [2.75, 3.05) is 20.8 Å². The summed E-state index contributed by atoms with van der Waals surface area (Å²) in [5.74, 6) is 0.153. The molecule has 10 heteroatoms. The molecule has 0 unspecified atom stereocenters. The van der Waals surface area contributed by atoms with E-state index in [2.05, 4.69) is 10.1 Å². The average Bonchev–Trinajstić information content (AvgIpc) is 3.26. The third-order valence-corrected chi connectivity index (χ3v) is 5.52. The number of benzene rings is 1. The number of thiazole rings is 1. The van der Waals surface area contributed by atoms with E-state index >= 15 is 0 Å². The maximum Gasteiger partial charge on any atom is 0.326 e. The first-order valence-corrected chi connectivity index (χ1v) is 10.3. The molecule has 0 spiro atoms. The van der Waals surface area contributed by atoms with Crippen LogP contribution in [0.15, 0.2) is 23.2 Å². The van der Waals surface area contributed by atoms with E-state index in [1.165, 1.54) is 18.4 Å². The number of hydrogen-bond acceptors (Lipinski definition) is 7. The van der Waals surface area contributed by atoms with Gasteiger partial charge in [0, 0.05) is 24.4 Å². The zero-order valence-corrected chi connectivity index (χ0v) is 18.4. The molecule has 0 saturated heterocycles. The first-order valence-electron chi connectivity index (χ1n) is 9.46. The Hall–Kier alpha value is -3.14. The highest BCUT2D eigenvalue weighted by atomic mass is 32.1. The first-order chi connectivity index (χ1) is 14.4. The molecule has 0 saturated carbocycles. The minimum Gasteiger partial charge on any atom is -0.493 e. The lowest BCUT2D eigenvalue weighted by Crippen LogP contribution is -2.23. The molecule has 0 N–H and O–H groups in total. The normalized spacial score (nSPS) is 11.7. The molecule has 30 heavy (non-hydrogen) atoms. The van der Waals surface area contributed by atoms with Gasteiger partial charge >= 0.3 is 5.97 Å². The predicted octanol–water partition coefficient (Wildman–Crippen LogP) is 2.55. The number of ether oxygens (including phenoxy) is 3. The molecule has 1 aromatic carbocycles.